The van der Waals surface area contributed by atoms with E-state index in [4.69, 9.17) is 0 Å². The van der Waals surface area contributed by atoms with Gasteiger partial charge in [-0.1, -0.05) is 119 Å². The molecule has 2 atom stereocenters. The Labute approximate surface area is 213 Å². The molecule has 0 saturated carbocycles. The first-order valence-corrected chi connectivity index (χ1v) is 14.1. The molecule has 2 unspecified atom stereocenters. The third kappa shape index (κ3) is 7.73. The molecule has 0 amide bonds. The third-order valence-electron chi connectivity index (χ3n) is 7.43. The molecule has 0 heterocycles. The summed E-state index contributed by atoms with van der Waals surface area (Å²) in [5.41, 5.74) is 8.24. The lowest BCUT2D eigenvalue weighted by Crippen LogP contribution is -2.14. The second-order valence-electron chi connectivity index (χ2n) is 12.5. The van der Waals surface area contributed by atoms with Gasteiger partial charge in [0.05, 0.1) is 0 Å². The van der Waals surface area contributed by atoms with Gasteiger partial charge in [0, 0.05) is 0 Å². The number of rotatable bonds is 11. The first-order valence-electron chi connectivity index (χ1n) is 14.1. The van der Waals surface area contributed by atoms with Gasteiger partial charge in [-0.2, -0.15) is 0 Å². The van der Waals surface area contributed by atoms with Gasteiger partial charge in [-0.25, -0.2) is 0 Å². The fourth-order valence-corrected chi connectivity index (χ4v) is 4.87. The molecule has 2 aromatic rings. The lowest BCUT2D eigenvalue weighted by atomic mass is 9.78. The van der Waals surface area contributed by atoms with Gasteiger partial charge < -0.3 is 0 Å². The predicted molar refractivity (Wildman–Crippen MR) is 152 cm³/mol. The van der Waals surface area contributed by atoms with Crippen molar-refractivity contribution in [3.05, 3.63) is 58.7 Å². The summed E-state index contributed by atoms with van der Waals surface area (Å²) >= 11 is 0. The van der Waals surface area contributed by atoms with Gasteiger partial charge in [0.1, 0.15) is 0 Å². The molecule has 0 aliphatic heterocycles. The summed E-state index contributed by atoms with van der Waals surface area (Å²) in [6.45, 7) is 23.2. The van der Waals surface area contributed by atoms with Gasteiger partial charge >= 0.3 is 0 Å². The monoisotopic (exact) mass is 460 g/mol. The van der Waals surface area contributed by atoms with Crippen molar-refractivity contribution in [2.45, 2.75) is 143 Å². The van der Waals surface area contributed by atoms with Gasteiger partial charge in [-0.05, 0) is 93.9 Å². The van der Waals surface area contributed by atoms with Gasteiger partial charge in [0.2, 0.25) is 0 Å². The fraction of sp³-hybridized carbons (Fsp3) is 0.647. The molecule has 0 aromatic heterocycles. The van der Waals surface area contributed by atoms with E-state index >= 15 is 0 Å². The summed E-state index contributed by atoms with van der Waals surface area (Å²) in [7, 11) is 0. The van der Waals surface area contributed by atoms with Crippen LogP contribution in [0.5, 0.6) is 0 Å². The first-order chi connectivity index (χ1) is 15.9. The Kier molecular flexibility index (Phi) is 10.5. The second kappa shape index (κ2) is 12.4. The Morgan fingerprint density at radius 2 is 0.941 bits per heavy atom. The number of benzene rings is 2. The standard InChI is InChI=1S/C34H52/c1-11-15-17-25(13-3)27-19-29(23-31(21-27)33(5,6)7)30-20-28(26(14-4)18-16-12-2)22-32(24-30)34(8,9)10/h19-22,25-26H,11-18H2,1-10H3. The Balaban J connectivity index is 2.71. The van der Waals surface area contributed by atoms with Crippen LogP contribution in [0, 0.1) is 12.1 Å². The molecule has 34 heavy (non-hydrogen) atoms. The Morgan fingerprint density at radius 3 is 1.21 bits per heavy atom. The molecule has 0 N–H and O–H groups in total. The number of hydrogen-bond donors (Lipinski definition) is 0. The molecule has 2 radical (unpaired) electrons. The van der Waals surface area contributed by atoms with Crippen LogP contribution in [0.25, 0.3) is 11.1 Å². The van der Waals surface area contributed by atoms with E-state index in [1.807, 2.05) is 0 Å². The molecule has 0 aliphatic rings. The minimum atomic E-state index is 0.0748. The van der Waals surface area contributed by atoms with Crippen molar-refractivity contribution < 1.29 is 0 Å². The van der Waals surface area contributed by atoms with E-state index in [1.165, 1.54) is 84.7 Å². The van der Waals surface area contributed by atoms with Crippen LogP contribution in [0.3, 0.4) is 0 Å². The smallest absolute Gasteiger partial charge is 0.00583 e. The van der Waals surface area contributed by atoms with Crippen LogP contribution >= 0.6 is 0 Å². The van der Waals surface area contributed by atoms with Crippen LogP contribution < -0.4 is 0 Å². The maximum atomic E-state index is 3.85. The summed E-state index contributed by atoms with van der Waals surface area (Å²) in [6.07, 6.45) is 10.0. The van der Waals surface area contributed by atoms with Crippen molar-refractivity contribution in [2.75, 3.05) is 0 Å². The van der Waals surface area contributed by atoms with Gasteiger partial charge in [-0.15, -0.1) is 0 Å². The highest BCUT2D eigenvalue weighted by Gasteiger charge is 2.22. The quantitative estimate of drug-likeness (QED) is 0.313. The van der Waals surface area contributed by atoms with E-state index in [9.17, 15) is 0 Å². The fourth-order valence-electron chi connectivity index (χ4n) is 4.87. The van der Waals surface area contributed by atoms with Crippen LogP contribution in [0.2, 0.25) is 0 Å². The normalized spacial score (nSPS) is 14.3. The highest BCUT2D eigenvalue weighted by Crippen LogP contribution is 2.38. The molecule has 0 heteroatoms. The summed E-state index contributed by atoms with van der Waals surface area (Å²) < 4.78 is 0. The van der Waals surface area contributed by atoms with E-state index in [1.54, 1.807) is 0 Å². The van der Waals surface area contributed by atoms with Crippen molar-refractivity contribution in [2.24, 2.45) is 0 Å². The number of unbranched alkanes of at least 4 members (excludes halogenated alkanes) is 2. The zero-order valence-electron chi connectivity index (χ0n) is 24.1. The maximum Gasteiger partial charge on any atom is -0.00583 e. The van der Waals surface area contributed by atoms with Crippen molar-refractivity contribution in [3.8, 4) is 11.1 Å². The van der Waals surface area contributed by atoms with E-state index in [-0.39, 0.29) is 10.8 Å². The summed E-state index contributed by atoms with van der Waals surface area (Å²) in [5.74, 6) is 1.24. The van der Waals surface area contributed by atoms with Gasteiger partial charge in [0.15, 0.2) is 0 Å². The molecule has 0 bridgehead atoms. The van der Waals surface area contributed by atoms with Crippen molar-refractivity contribution in [1.82, 2.24) is 0 Å². The topological polar surface area (TPSA) is 0 Å². The molecule has 188 valence electrons. The Bertz CT molecular complexity index is 812. The molecule has 2 rings (SSSR count). The number of hydrogen-bond acceptors (Lipinski definition) is 0. The van der Waals surface area contributed by atoms with Crippen LogP contribution in [0.15, 0.2) is 24.3 Å². The molecular formula is C34H52. The van der Waals surface area contributed by atoms with Crippen LogP contribution in [0.4, 0.5) is 0 Å². The maximum absolute atomic E-state index is 3.85. The van der Waals surface area contributed by atoms with E-state index < -0.39 is 0 Å². The SMILES string of the molecule is CCCCC(CC)c1cc(-c2[c]c(C(C)(C)C)cc(C(CC)CCCC)c2)[c]c(C(C)(C)C)c1. The zero-order valence-corrected chi connectivity index (χ0v) is 24.1. The van der Waals surface area contributed by atoms with Gasteiger partial charge in [0.25, 0.3) is 0 Å². The van der Waals surface area contributed by atoms with Crippen LogP contribution in [-0.4, -0.2) is 0 Å². The average Bonchev–Trinajstić information content (AvgIpc) is 2.78. The molecule has 0 nitrogen and oxygen atoms in total. The predicted octanol–water partition coefficient (Wildman–Crippen LogP) is 10.9. The molecule has 0 fully saturated rings. The highest BCUT2D eigenvalue weighted by atomic mass is 14.3. The minimum absolute atomic E-state index is 0.0748. The molecule has 0 saturated heterocycles. The van der Waals surface area contributed by atoms with E-state index in [2.05, 4.69) is 106 Å². The lowest BCUT2D eigenvalue weighted by Gasteiger charge is -2.26. The van der Waals surface area contributed by atoms with Crippen LogP contribution in [-0.2, 0) is 10.8 Å². The summed E-state index contributed by atoms with van der Waals surface area (Å²) in [5, 5.41) is 0. The zero-order chi connectivity index (χ0) is 25.5. The molecular weight excluding hydrogens is 408 g/mol. The lowest BCUT2D eigenvalue weighted by molar-refractivity contribution is 0.559. The summed E-state index contributed by atoms with van der Waals surface area (Å²) in [4.78, 5) is 0. The highest BCUT2D eigenvalue weighted by molar-refractivity contribution is 5.67. The van der Waals surface area contributed by atoms with E-state index in [0.29, 0.717) is 11.8 Å². The van der Waals surface area contributed by atoms with Crippen molar-refractivity contribution >= 4 is 0 Å². The van der Waals surface area contributed by atoms with Crippen molar-refractivity contribution in [3.63, 3.8) is 0 Å². The average molecular weight is 461 g/mol. The second-order valence-corrected chi connectivity index (χ2v) is 12.5. The Morgan fingerprint density at radius 1 is 0.588 bits per heavy atom. The minimum Gasteiger partial charge on any atom is -0.0654 e. The van der Waals surface area contributed by atoms with Crippen molar-refractivity contribution in [1.29, 1.82) is 0 Å². The molecule has 0 aliphatic carbocycles. The first kappa shape index (κ1) is 28.7. The largest absolute Gasteiger partial charge is 0.0654 e. The van der Waals surface area contributed by atoms with E-state index in [0.717, 1.165) is 0 Å². The third-order valence-corrected chi connectivity index (χ3v) is 7.43. The molecule has 0 spiro atoms. The van der Waals surface area contributed by atoms with Gasteiger partial charge in [-0.3, -0.25) is 0 Å². The molecule has 2 aromatic carbocycles. The van der Waals surface area contributed by atoms with Crippen LogP contribution in [0.1, 0.15) is 155 Å². The Hall–Kier alpha value is -1.56. The summed E-state index contributed by atoms with van der Waals surface area (Å²) in [6, 6.07) is 17.5.